The van der Waals surface area contributed by atoms with Crippen LogP contribution in [-0.4, -0.2) is 27.3 Å². The first-order valence-corrected chi connectivity index (χ1v) is 18.1. The van der Waals surface area contributed by atoms with Gasteiger partial charge in [0.1, 0.15) is 12.4 Å². The molecule has 6 rings (SSSR count). The number of carbonyl (C=O) groups is 1. The first kappa shape index (κ1) is 35.8. The van der Waals surface area contributed by atoms with Crippen LogP contribution in [0.25, 0.3) is 17.1 Å². The highest BCUT2D eigenvalue weighted by Crippen LogP contribution is 2.36. The van der Waals surface area contributed by atoms with Crippen molar-refractivity contribution in [3.8, 4) is 22.8 Å². The van der Waals surface area contributed by atoms with Crippen LogP contribution in [0.3, 0.4) is 0 Å². The van der Waals surface area contributed by atoms with E-state index in [2.05, 4.69) is 95.4 Å². The van der Waals surface area contributed by atoms with Crippen LogP contribution in [0, 0.1) is 0 Å². The minimum absolute atomic E-state index is 0.0430. The van der Waals surface area contributed by atoms with Crippen LogP contribution in [0.2, 0.25) is 5.02 Å². The lowest BCUT2D eigenvalue weighted by molar-refractivity contribution is -0.142. The lowest BCUT2D eigenvalue weighted by Crippen LogP contribution is -2.10. The predicted molar refractivity (Wildman–Crippen MR) is 206 cm³/mol. The smallest absolute Gasteiger partial charge is 0.310 e. The lowest BCUT2D eigenvalue weighted by Gasteiger charge is -2.19. The van der Waals surface area contributed by atoms with Crippen molar-refractivity contribution in [2.45, 2.75) is 62.7 Å². The van der Waals surface area contributed by atoms with Crippen LogP contribution in [0.5, 0.6) is 5.75 Å². The van der Waals surface area contributed by atoms with Crippen LogP contribution in [0.1, 0.15) is 49.9 Å². The van der Waals surface area contributed by atoms with Gasteiger partial charge in [0.25, 0.3) is 0 Å². The third-order valence-electron chi connectivity index (χ3n) is 8.30. The van der Waals surface area contributed by atoms with E-state index in [4.69, 9.17) is 21.1 Å². The molecule has 7 nitrogen and oxygen atoms in total. The molecule has 0 aliphatic heterocycles. The maximum absolute atomic E-state index is 11.9. The van der Waals surface area contributed by atoms with Crippen LogP contribution in [0.15, 0.2) is 131 Å². The number of nitrogens with one attached hydrogen (secondary N) is 1. The van der Waals surface area contributed by atoms with Gasteiger partial charge in [-0.2, -0.15) is 0 Å². The molecule has 0 radical (unpaired) electrons. The monoisotopic (exact) mass is 716 g/mol. The fourth-order valence-corrected chi connectivity index (χ4v) is 6.50. The van der Waals surface area contributed by atoms with E-state index in [9.17, 15) is 4.79 Å². The van der Waals surface area contributed by atoms with Crippen molar-refractivity contribution in [2.75, 3.05) is 11.9 Å². The Labute approximate surface area is 309 Å². The minimum atomic E-state index is -0.228. The van der Waals surface area contributed by atoms with Crippen molar-refractivity contribution >= 4 is 35.0 Å². The third-order valence-corrected chi connectivity index (χ3v) is 9.49. The molecule has 0 spiro atoms. The molecule has 0 aliphatic rings. The summed E-state index contributed by atoms with van der Waals surface area (Å²) in [6.07, 6.45) is 0.251. The molecule has 1 aromatic heterocycles. The van der Waals surface area contributed by atoms with Crippen LogP contribution in [0.4, 0.5) is 5.69 Å². The molecule has 5 aromatic carbocycles. The Morgan fingerprint density at radius 2 is 1.57 bits per heavy atom. The van der Waals surface area contributed by atoms with Gasteiger partial charge in [0.15, 0.2) is 5.82 Å². The first-order valence-electron chi connectivity index (χ1n) is 16.9. The first-order chi connectivity index (χ1) is 24.7. The van der Waals surface area contributed by atoms with Crippen molar-refractivity contribution in [1.82, 2.24) is 14.8 Å². The molecule has 0 aliphatic carbocycles. The van der Waals surface area contributed by atoms with E-state index in [1.807, 2.05) is 73.7 Å². The molecule has 51 heavy (non-hydrogen) atoms. The number of hydrogen-bond donors (Lipinski definition) is 1. The molecule has 9 heteroatoms. The van der Waals surface area contributed by atoms with Gasteiger partial charge in [-0.05, 0) is 89.3 Å². The summed E-state index contributed by atoms with van der Waals surface area (Å²) in [5, 5.41) is 14.2. The maximum Gasteiger partial charge on any atom is 0.310 e. The van der Waals surface area contributed by atoms with Gasteiger partial charge in [-0.25, -0.2) is 0 Å². The van der Waals surface area contributed by atoms with Gasteiger partial charge in [0, 0.05) is 39.0 Å². The molecule has 0 bridgehead atoms. The van der Waals surface area contributed by atoms with Gasteiger partial charge in [-0.15, -0.1) is 10.2 Å². The molecule has 0 saturated heterocycles. The molecule has 1 N–H and O–H groups in total. The Morgan fingerprint density at radius 1 is 0.843 bits per heavy atom. The second-order valence-electron chi connectivity index (χ2n) is 13.1. The zero-order valence-electron chi connectivity index (χ0n) is 29.2. The number of halogens is 1. The molecular formula is C42H41ClN4O3S. The van der Waals surface area contributed by atoms with Crippen molar-refractivity contribution in [3.63, 3.8) is 0 Å². The number of esters is 1. The Balaban J connectivity index is 1.28. The number of hydrogen-bond acceptors (Lipinski definition) is 7. The van der Waals surface area contributed by atoms with Crippen molar-refractivity contribution in [2.24, 2.45) is 0 Å². The van der Waals surface area contributed by atoms with Gasteiger partial charge in [0.05, 0.1) is 13.0 Å². The van der Waals surface area contributed by atoms with Gasteiger partial charge >= 0.3 is 5.97 Å². The van der Waals surface area contributed by atoms with Crippen molar-refractivity contribution in [1.29, 1.82) is 0 Å². The SMILES string of the molecule is CCOC(=O)Cc1ccc(NCc2ccc(Sc3nnc(-c4ccc(C(C)(C)C)cc4)n3-c3ccc(Cl)cc3)cc2OCc2ccccc2)cc1. The number of ether oxygens (including phenoxy) is 2. The molecular weight excluding hydrogens is 676 g/mol. The standard InChI is InChI=1S/C42H41ClN4O3S/c1-5-49-39(48)25-29-11-20-35(21-12-29)44-27-32-15-24-37(26-38(32)50-28-30-9-7-6-8-10-30)51-41-46-45-40(47(41)36-22-18-34(43)19-23-36)31-13-16-33(17-14-31)42(2,3)4/h6-24,26,44H,5,25,27-28H2,1-4H3. The summed E-state index contributed by atoms with van der Waals surface area (Å²) in [5.74, 6) is 1.29. The molecule has 0 unspecified atom stereocenters. The van der Waals surface area contributed by atoms with Gasteiger partial charge in [-0.1, -0.05) is 105 Å². The molecule has 0 fully saturated rings. The molecule has 1 heterocycles. The fourth-order valence-electron chi connectivity index (χ4n) is 5.50. The van der Waals surface area contributed by atoms with Crippen LogP contribution in [-0.2, 0) is 34.5 Å². The van der Waals surface area contributed by atoms with E-state index in [0.717, 1.165) is 55.3 Å². The number of rotatable bonds is 13. The second-order valence-corrected chi connectivity index (χ2v) is 14.6. The fraction of sp³-hybridized carbons (Fsp3) is 0.214. The summed E-state index contributed by atoms with van der Waals surface area (Å²) >= 11 is 7.81. The molecule has 0 atom stereocenters. The highest BCUT2D eigenvalue weighted by molar-refractivity contribution is 7.99. The van der Waals surface area contributed by atoms with Crippen LogP contribution >= 0.6 is 23.4 Å². The number of carbonyl (C=O) groups excluding carboxylic acids is 1. The summed E-state index contributed by atoms with van der Waals surface area (Å²) < 4.78 is 13.6. The molecule has 0 amide bonds. The summed E-state index contributed by atoms with van der Waals surface area (Å²) in [6.45, 7) is 9.78. The molecule has 0 saturated carbocycles. The topological polar surface area (TPSA) is 78.3 Å². The summed E-state index contributed by atoms with van der Waals surface area (Å²) in [6, 6.07) is 40.4. The van der Waals surface area contributed by atoms with Gasteiger partial charge in [0.2, 0.25) is 5.16 Å². The Kier molecular flexibility index (Phi) is 11.4. The number of anilines is 1. The normalized spacial score (nSPS) is 11.3. The second kappa shape index (κ2) is 16.3. The van der Waals surface area contributed by atoms with E-state index in [1.54, 1.807) is 0 Å². The number of nitrogens with zero attached hydrogens (tertiary/aromatic N) is 3. The largest absolute Gasteiger partial charge is 0.489 e. The van der Waals surface area contributed by atoms with E-state index in [-0.39, 0.29) is 17.8 Å². The Bertz CT molecular complexity index is 2060. The highest BCUT2D eigenvalue weighted by atomic mass is 35.5. The van der Waals surface area contributed by atoms with Crippen molar-refractivity contribution in [3.05, 3.63) is 149 Å². The quantitative estimate of drug-likeness (QED) is 0.119. The maximum atomic E-state index is 11.9. The molecule has 6 aromatic rings. The summed E-state index contributed by atoms with van der Waals surface area (Å²) in [4.78, 5) is 12.9. The zero-order chi connectivity index (χ0) is 35.8. The lowest BCUT2D eigenvalue weighted by atomic mass is 9.87. The van der Waals surface area contributed by atoms with Crippen molar-refractivity contribution < 1.29 is 14.3 Å². The van der Waals surface area contributed by atoms with Crippen LogP contribution < -0.4 is 10.1 Å². The Hall–Kier alpha value is -5.05. The van der Waals surface area contributed by atoms with E-state index >= 15 is 0 Å². The average Bonchev–Trinajstić information content (AvgIpc) is 3.54. The minimum Gasteiger partial charge on any atom is -0.489 e. The molecule has 260 valence electrons. The average molecular weight is 717 g/mol. The Morgan fingerprint density at radius 3 is 2.25 bits per heavy atom. The summed E-state index contributed by atoms with van der Waals surface area (Å²) in [5.41, 5.74) is 7.11. The van der Waals surface area contributed by atoms with E-state index < -0.39 is 0 Å². The van der Waals surface area contributed by atoms with Gasteiger partial charge in [-0.3, -0.25) is 9.36 Å². The number of aromatic nitrogens is 3. The number of benzene rings is 5. The van der Waals surface area contributed by atoms with E-state index in [0.29, 0.717) is 24.8 Å². The zero-order valence-corrected chi connectivity index (χ0v) is 30.8. The predicted octanol–water partition coefficient (Wildman–Crippen LogP) is 10.3. The van der Waals surface area contributed by atoms with Gasteiger partial charge < -0.3 is 14.8 Å². The third kappa shape index (κ3) is 9.39. The summed E-state index contributed by atoms with van der Waals surface area (Å²) in [7, 11) is 0. The highest BCUT2D eigenvalue weighted by Gasteiger charge is 2.20. The van der Waals surface area contributed by atoms with E-state index in [1.165, 1.54) is 17.3 Å².